The summed E-state index contributed by atoms with van der Waals surface area (Å²) in [6.45, 7) is 3.64. The zero-order valence-corrected chi connectivity index (χ0v) is 18.2. The minimum atomic E-state index is -0.490. The number of aryl methyl sites for hydroxylation is 2. The van der Waals surface area contributed by atoms with Gasteiger partial charge in [0.25, 0.3) is 11.8 Å². The van der Waals surface area contributed by atoms with E-state index in [-0.39, 0.29) is 16.8 Å². The average Bonchev–Trinajstić information content (AvgIpc) is 2.72. The molecule has 10 heteroatoms. The number of nitrogens with zero attached hydrogens (tertiary/aromatic N) is 3. The van der Waals surface area contributed by atoms with Gasteiger partial charge >= 0.3 is 0 Å². The Morgan fingerprint density at radius 1 is 1.00 bits per heavy atom. The number of halogens is 1. The van der Waals surface area contributed by atoms with Crippen molar-refractivity contribution in [2.45, 2.75) is 13.8 Å². The zero-order chi connectivity index (χ0) is 22.5. The highest BCUT2D eigenvalue weighted by Crippen LogP contribution is 2.26. The van der Waals surface area contributed by atoms with Crippen molar-refractivity contribution in [3.05, 3.63) is 64.2 Å². The molecule has 0 radical (unpaired) electrons. The molecule has 0 aliphatic heterocycles. The molecule has 0 aliphatic carbocycles. The van der Waals surface area contributed by atoms with Crippen LogP contribution in [0.4, 0.5) is 17.3 Å². The fourth-order valence-electron chi connectivity index (χ4n) is 2.90. The van der Waals surface area contributed by atoms with E-state index in [9.17, 15) is 9.59 Å². The molecule has 2 aromatic heterocycles. The minimum absolute atomic E-state index is 0.192. The van der Waals surface area contributed by atoms with Gasteiger partial charge in [-0.3, -0.25) is 9.59 Å². The summed E-state index contributed by atoms with van der Waals surface area (Å²) in [5, 5.41) is 8.72. The van der Waals surface area contributed by atoms with Crippen molar-refractivity contribution in [3.63, 3.8) is 0 Å². The summed E-state index contributed by atoms with van der Waals surface area (Å²) in [6.07, 6.45) is 1.37. The first kappa shape index (κ1) is 22.0. The lowest BCUT2D eigenvalue weighted by molar-refractivity contribution is 0.0963. The molecule has 2 heterocycles. The molecule has 160 valence electrons. The molecule has 3 N–H and O–H groups in total. The van der Waals surface area contributed by atoms with Gasteiger partial charge in [0, 0.05) is 36.1 Å². The predicted molar refractivity (Wildman–Crippen MR) is 118 cm³/mol. The van der Waals surface area contributed by atoms with E-state index in [2.05, 4.69) is 30.9 Å². The number of nitrogens with one attached hydrogen (secondary N) is 3. The fraction of sp³-hybridized carbons (Fsp3) is 0.190. The van der Waals surface area contributed by atoms with Crippen LogP contribution in [0.3, 0.4) is 0 Å². The summed E-state index contributed by atoms with van der Waals surface area (Å²) in [7, 11) is 2.95. The van der Waals surface area contributed by atoms with Gasteiger partial charge in [-0.2, -0.15) is 0 Å². The van der Waals surface area contributed by atoms with E-state index in [1.807, 2.05) is 6.92 Å². The van der Waals surface area contributed by atoms with Crippen LogP contribution in [-0.2, 0) is 0 Å². The van der Waals surface area contributed by atoms with Gasteiger partial charge < -0.3 is 20.7 Å². The van der Waals surface area contributed by atoms with Gasteiger partial charge in [0.1, 0.15) is 23.2 Å². The van der Waals surface area contributed by atoms with E-state index in [0.717, 1.165) is 5.69 Å². The summed E-state index contributed by atoms with van der Waals surface area (Å²) in [5.41, 5.74) is 1.47. The Hall–Kier alpha value is -3.72. The predicted octanol–water partition coefficient (Wildman–Crippen LogP) is 3.51. The van der Waals surface area contributed by atoms with Gasteiger partial charge in [-0.25, -0.2) is 15.0 Å². The lowest BCUT2D eigenvalue weighted by Crippen LogP contribution is -2.22. The highest BCUT2D eigenvalue weighted by Gasteiger charge is 2.18. The fourth-order valence-corrected chi connectivity index (χ4v) is 3.07. The maximum absolute atomic E-state index is 12.9. The Bertz CT molecular complexity index is 1130. The van der Waals surface area contributed by atoms with Gasteiger partial charge in [0.05, 0.1) is 23.9 Å². The van der Waals surface area contributed by atoms with Crippen molar-refractivity contribution in [2.75, 3.05) is 24.8 Å². The van der Waals surface area contributed by atoms with E-state index in [1.165, 1.54) is 26.4 Å². The minimum Gasteiger partial charge on any atom is -0.496 e. The molecular formula is C21H21ClN6O3. The van der Waals surface area contributed by atoms with Crippen LogP contribution in [0, 0.1) is 13.8 Å². The summed E-state index contributed by atoms with van der Waals surface area (Å²) in [6, 6.07) is 8.01. The monoisotopic (exact) mass is 440 g/mol. The molecule has 0 aliphatic rings. The molecule has 0 spiro atoms. The summed E-state index contributed by atoms with van der Waals surface area (Å²) >= 11 is 6.03. The quantitative estimate of drug-likeness (QED) is 0.536. The third-order valence-electron chi connectivity index (χ3n) is 4.25. The van der Waals surface area contributed by atoms with E-state index in [0.29, 0.717) is 28.2 Å². The van der Waals surface area contributed by atoms with Crippen LogP contribution in [0.2, 0.25) is 5.02 Å². The first-order valence-electron chi connectivity index (χ1n) is 9.27. The van der Waals surface area contributed by atoms with Crippen LogP contribution < -0.4 is 20.7 Å². The Morgan fingerprint density at radius 2 is 1.77 bits per heavy atom. The maximum atomic E-state index is 12.9. The second-order valence-corrected chi connectivity index (χ2v) is 7.00. The topological polar surface area (TPSA) is 118 Å². The molecule has 3 aromatic rings. The number of anilines is 3. The molecule has 9 nitrogen and oxygen atoms in total. The van der Waals surface area contributed by atoms with E-state index in [4.69, 9.17) is 16.3 Å². The largest absolute Gasteiger partial charge is 0.496 e. The van der Waals surface area contributed by atoms with E-state index >= 15 is 0 Å². The van der Waals surface area contributed by atoms with Crippen LogP contribution in [-0.4, -0.2) is 40.9 Å². The third-order valence-corrected chi connectivity index (χ3v) is 4.49. The number of amides is 2. The first-order chi connectivity index (χ1) is 14.8. The summed E-state index contributed by atoms with van der Waals surface area (Å²) < 4.78 is 5.25. The number of hydrogen-bond acceptors (Lipinski definition) is 7. The smallest absolute Gasteiger partial charge is 0.259 e. The summed E-state index contributed by atoms with van der Waals surface area (Å²) in [5.74, 6) is 0.989. The number of rotatable bonds is 6. The number of benzene rings is 1. The van der Waals surface area contributed by atoms with E-state index < -0.39 is 11.8 Å². The highest BCUT2D eigenvalue weighted by molar-refractivity contribution is 6.31. The van der Waals surface area contributed by atoms with Gasteiger partial charge in [0.2, 0.25) is 0 Å². The third kappa shape index (κ3) is 5.26. The average molecular weight is 441 g/mol. The Labute approximate surface area is 184 Å². The van der Waals surface area contributed by atoms with Crippen molar-refractivity contribution < 1.29 is 14.3 Å². The van der Waals surface area contributed by atoms with Crippen molar-refractivity contribution in [1.29, 1.82) is 0 Å². The number of methoxy groups -OCH3 is 1. The maximum Gasteiger partial charge on any atom is 0.259 e. The molecular weight excluding hydrogens is 420 g/mol. The second kappa shape index (κ2) is 9.40. The van der Waals surface area contributed by atoms with Gasteiger partial charge in [-0.05, 0) is 32.0 Å². The normalized spacial score (nSPS) is 10.4. The molecule has 0 saturated heterocycles. The number of ether oxygens (including phenoxy) is 1. The molecule has 0 unspecified atom stereocenters. The van der Waals surface area contributed by atoms with Gasteiger partial charge in [0.15, 0.2) is 0 Å². The van der Waals surface area contributed by atoms with E-state index in [1.54, 1.807) is 31.2 Å². The SMILES string of the molecule is CNC(=O)c1cnc(Nc2cc(C)nc(C)n2)cc1NC(=O)c1cc(Cl)ccc1OC. The van der Waals surface area contributed by atoms with Crippen molar-refractivity contribution in [3.8, 4) is 5.75 Å². The van der Waals surface area contributed by atoms with Crippen molar-refractivity contribution >= 4 is 40.7 Å². The van der Waals surface area contributed by atoms with Crippen LogP contribution in [0.1, 0.15) is 32.2 Å². The molecule has 0 saturated carbocycles. The molecule has 0 atom stereocenters. The number of aromatic nitrogens is 3. The molecule has 1 aromatic carbocycles. The number of hydrogen-bond donors (Lipinski definition) is 3. The second-order valence-electron chi connectivity index (χ2n) is 6.56. The van der Waals surface area contributed by atoms with Crippen molar-refractivity contribution in [2.24, 2.45) is 0 Å². The van der Waals surface area contributed by atoms with Crippen LogP contribution in [0.15, 0.2) is 36.5 Å². The van der Waals surface area contributed by atoms with Crippen LogP contribution in [0.5, 0.6) is 5.75 Å². The lowest BCUT2D eigenvalue weighted by atomic mass is 10.1. The van der Waals surface area contributed by atoms with Crippen molar-refractivity contribution in [1.82, 2.24) is 20.3 Å². The highest BCUT2D eigenvalue weighted by atomic mass is 35.5. The first-order valence-corrected chi connectivity index (χ1v) is 9.65. The Kier molecular flexibility index (Phi) is 6.66. The zero-order valence-electron chi connectivity index (χ0n) is 17.4. The molecule has 2 amide bonds. The Balaban J connectivity index is 1.97. The lowest BCUT2D eigenvalue weighted by Gasteiger charge is -2.14. The Morgan fingerprint density at radius 3 is 2.45 bits per heavy atom. The number of carbonyl (C=O) groups excluding carboxylic acids is 2. The molecule has 3 rings (SSSR count). The molecule has 0 bridgehead atoms. The summed E-state index contributed by atoms with van der Waals surface area (Å²) in [4.78, 5) is 38.0. The standard InChI is InChI=1S/C21H21ClN6O3/c1-11-7-19(26-12(2)25-11)28-18-9-16(15(10-24-18)20(29)23-3)27-21(30)14-8-13(22)5-6-17(14)31-4/h5-10H,1-4H3,(H,23,29)(H2,24,25,26,27,28,30). The van der Waals surface area contributed by atoms with Crippen LogP contribution >= 0.6 is 11.6 Å². The number of pyridine rings is 1. The molecule has 31 heavy (non-hydrogen) atoms. The van der Waals surface area contributed by atoms with Crippen LogP contribution in [0.25, 0.3) is 0 Å². The van der Waals surface area contributed by atoms with Gasteiger partial charge in [-0.15, -0.1) is 0 Å². The number of carbonyl (C=O) groups is 2. The molecule has 0 fully saturated rings. The van der Waals surface area contributed by atoms with Gasteiger partial charge in [-0.1, -0.05) is 11.6 Å².